The Hall–Kier alpha value is -1.52. The SMILES string of the molecule is Cc1[nH]c2ccccc2c1CCNC(=O)C[C@@H]1CCC[C@H]1N.Cl. The minimum Gasteiger partial charge on any atom is -0.358 e. The van der Waals surface area contributed by atoms with Crippen LogP contribution < -0.4 is 11.1 Å². The molecular formula is C18H26ClN3O. The van der Waals surface area contributed by atoms with Crippen molar-refractivity contribution in [3.63, 3.8) is 0 Å². The fourth-order valence-corrected chi connectivity index (χ4v) is 3.61. The molecule has 1 aromatic carbocycles. The van der Waals surface area contributed by atoms with Gasteiger partial charge in [0.15, 0.2) is 0 Å². The molecule has 3 rings (SSSR count). The summed E-state index contributed by atoms with van der Waals surface area (Å²) in [6.45, 7) is 2.78. The number of nitrogens with one attached hydrogen (secondary N) is 2. The summed E-state index contributed by atoms with van der Waals surface area (Å²) in [7, 11) is 0. The van der Waals surface area contributed by atoms with Gasteiger partial charge in [0.1, 0.15) is 0 Å². The fourth-order valence-electron chi connectivity index (χ4n) is 3.61. The highest BCUT2D eigenvalue weighted by Gasteiger charge is 2.25. The first-order valence-corrected chi connectivity index (χ1v) is 8.23. The van der Waals surface area contributed by atoms with Gasteiger partial charge in [-0.15, -0.1) is 12.4 Å². The smallest absolute Gasteiger partial charge is 0.220 e. The molecule has 23 heavy (non-hydrogen) atoms. The second kappa shape index (κ2) is 7.84. The van der Waals surface area contributed by atoms with Crippen molar-refractivity contribution in [2.24, 2.45) is 11.7 Å². The third kappa shape index (κ3) is 4.06. The number of nitrogens with two attached hydrogens (primary N) is 1. The van der Waals surface area contributed by atoms with Gasteiger partial charge in [0.2, 0.25) is 5.91 Å². The van der Waals surface area contributed by atoms with Crippen molar-refractivity contribution in [1.29, 1.82) is 0 Å². The second-order valence-corrected chi connectivity index (χ2v) is 6.43. The maximum Gasteiger partial charge on any atom is 0.220 e. The Morgan fingerprint density at radius 2 is 2.13 bits per heavy atom. The lowest BCUT2D eigenvalue weighted by molar-refractivity contribution is -0.122. The molecule has 0 radical (unpaired) electrons. The van der Waals surface area contributed by atoms with Crippen molar-refractivity contribution in [1.82, 2.24) is 10.3 Å². The predicted molar refractivity (Wildman–Crippen MR) is 96.9 cm³/mol. The molecule has 5 heteroatoms. The number of aromatic nitrogens is 1. The van der Waals surface area contributed by atoms with E-state index in [0.717, 1.165) is 25.7 Å². The minimum atomic E-state index is 0. The third-order valence-corrected chi connectivity index (χ3v) is 4.89. The molecule has 0 aliphatic heterocycles. The summed E-state index contributed by atoms with van der Waals surface area (Å²) < 4.78 is 0. The number of aromatic amines is 1. The van der Waals surface area contributed by atoms with Gasteiger partial charge >= 0.3 is 0 Å². The van der Waals surface area contributed by atoms with E-state index in [1.54, 1.807) is 0 Å². The van der Waals surface area contributed by atoms with Crippen molar-refractivity contribution in [2.45, 2.75) is 45.1 Å². The van der Waals surface area contributed by atoms with Crippen LogP contribution in [0.25, 0.3) is 10.9 Å². The molecule has 2 aromatic rings. The van der Waals surface area contributed by atoms with E-state index < -0.39 is 0 Å². The summed E-state index contributed by atoms with van der Waals surface area (Å²) in [5, 5.41) is 4.31. The first-order chi connectivity index (χ1) is 10.6. The van der Waals surface area contributed by atoms with Crippen LogP contribution in [0.1, 0.15) is 36.9 Å². The topological polar surface area (TPSA) is 70.9 Å². The van der Waals surface area contributed by atoms with Gasteiger partial charge < -0.3 is 16.0 Å². The number of carbonyl (C=O) groups excluding carboxylic acids is 1. The van der Waals surface area contributed by atoms with E-state index in [1.165, 1.54) is 22.2 Å². The van der Waals surface area contributed by atoms with Crippen LogP contribution in [0.3, 0.4) is 0 Å². The van der Waals surface area contributed by atoms with Gasteiger partial charge in [-0.25, -0.2) is 0 Å². The van der Waals surface area contributed by atoms with E-state index in [1.807, 2.05) is 6.07 Å². The lowest BCUT2D eigenvalue weighted by Crippen LogP contribution is -2.32. The first kappa shape index (κ1) is 17.8. The van der Waals surface area contributed by atoms with Crippen molar-refractivity contribution in [3.8, 4) is 0 Å². The van der Waals surface area contributed by atoms with E-state index in [0.29, 0.717) is 18.9 Å². The fraction of sp³-hybridized carbons (Fsp3) is 0.500. The Bertz CT molecular complexity index is 667. The Balaban J connectivity index is 0.00000192. The van der Waals surface area contributed by atoms with Crippen LogP contribution in [-0.2, 0) is 11.2 Å². The van der Waals surface area contributed by atoms with Gasteiger partial charge in [0.05, 0.1) is 0 Å². The van der Waals surface area contributed by atoms with Gasteiger partial charge in [-0.3, -0.25) is 4.79 Å². The molecule has 1 aliphatic rings. The van der Waals surface area contributed by atoms with Gasteiger partial charge in [0.25, 0.3) is 0 Å². The van der Waals surface area contributed by atoms with Crippen LogP contribution in [0.5, 0.6) is 0 Å². The Morgan fingerprint density at radius 3 is 2.87 bits per heavy atom. The molecular weight excluding hydrogens is 310 g/mol. The lowest BCUT2D eigenvalue weighted by atomic mass is 10.00. The summed E-state index contributed by atoms with van der Waals surface area (Å²) in [5.74, 6) is 0.509. The molecule has 1 aliphatic carbocycles. The van der Waals surface area contributed by atoms with Crippen molar-refractivity contribution in [3.05, 3.63) is 35.5 Å². The maximum absolute atomic E-state index is 12.0. The number of benzene rings is 1. The number of hydrogen-bond acceptors (Lipinski definition) is 2. The van der Waals surface area contributed by atoms with E-state index in [-0.39, 0.29) is 24.4 Å². The summed E-state index contributed by atoms with van der Waals surface area (Å²) in [6.07, 6.45) is 4.75. The lowest BCUT2D eigenvalue weighted by Gasteiger charge is -2.14. The van der Waals surface area contributed by atoms with E-state index >= 15 is 0 Å². The van der Waals surface area contributed by atoms with Gasteiger partial charge in [-0.2, -0.15) is 0 Å². The number of carbonyl (C=O) groups is 1. The van der Waals surface area contributed by atoms with Gasteiger partial charge in [-0.1, -0.05) is 24.6 Å². The molecule has 1 saturated carbocycles. The zero-order valence-corrected chi connectivity index (χ0v) is 14.4. The largest absolute Gasteiger partial charge is 0.358 e. The number of fused-ring (bicyclic) bond motifs is 1. The highest BCUT2D eigenvalue weighted by atomic mass is 35.5. The number of aryl methyl sites for hydroxylation is 1. The molecule has 1 heterocycles. The number of halogens is 1. The molecule has 0 saturated heterocycles. The third-order valence-electron chi connectivity index (χ3n) is 4.89. The zero-order valence-electron chi connectivity index (χ0n) is 13.6. The van der Waals surface area contributed by atoms with E-state index in [9.17, 15) is 4.79 Å². The molecule has 1 amide bonds. The number of H-pyrrole nitrogens is 1. The van der Waals surface area contributed by atoms with Crippen LogP contribution in [0, 0.1) is 12.8 Å². The number of amides is 1. The van der Waals surface area contributed by atoms with Crippen LogP contribution in [0.2, 0.25) is 0 Å². The molecule has 2 atom stereocenters. The van der Waals surface area contributed by atoms with Crippen molar-refractivity contribution in [2.75, 3.05) is 6.54 Å². The molecule has 4 nitrogen and oxygen atoms in total. The number of rotatable bonds is 5. The standard InChI is InChI=1S/C18H25N3O.ClH/c1-12-14(15-6-2-3-8-17(15)21-12)9-10-20-18(22)11-13-5-4-7-16(13)19;/h2-3,6,8,13,16,21H,4-5,7,9-11,19H2,1H3,(H,20,22);1H/t13-,16+;/m0./s1. The minimum absolute atomic E-state index is 0. The van der Waals surface area contributed by atoms with E-state index in [2.05, 4.69) is 35.4 Å². The summed E-state index contributed by atoms with van der Waals surface area (Å²) >= 11 is 0. The first-order valence-electron chi connectivity index (χ1n) is 8.23. The molecule has 0 bridgehead atoms. The van der Waals surface area contributed by atoms with Crippen molar-refractivity contribution >= 4 is 29.2 Å². The number of para-hydroxylation sites is 1. The average Bonchev–Trinajstić information content (AvgIpc) is 3.03. The van der Waals surface area contributed by atoms with Gasteiger partial charge in [-0.05, 0) is 43.7 Å². The molecule has 126 valence electrons. The van der Waals surface area contributed by atoms with Crippen LogP contribution in [0.4, 0.5) is 0 Å². The predicted octanol–water partition coefficient (Wildman–Crippen LogP) is 3.07. The van der Waals surface area contributed by atoms with Crippen molar-refractivity contribution < 1.29 is 4.79 Å². The average molecular weight is 336 g/mol. The zero-order chi connectivity index (χ0) is 15.5. The monoisotopic (exact) mass is 335 g/mol. The molecule has 0 unspecified atom stereocenters. The van der Waals surface area contributed by atoms with Gasteiger partial charge in [0, 0.05) is 35.6 Å². The normalized spacial score (nSPS) is 20.4. The molecule has 1 aromatic heterocycles. The second-order valence-electron chi connectivity index (χ2n) is 6.43. The summed E-state index contributed by atoms with van der Waals surface area (Å²) in [4.78, 5) is 15.4. The van der Waals surface area contributed by atoms with E-state index in [4.69, 9.17) is 5.73 Å². The molecule has 1 fully saturated rings. The number of hydrogen-bond donors (Lipinski definition) is 3. The maximum atomic E-state index is 12.0. The molecule has 0 spiro atoms. The Labute approximate surface area is 143 Å². The highest BCUT2D eigenvalue weighted by molar-refractivity contribution is 5.85. The van der Waals surface area contributed by atoms with Crippen LogP contribution >= 0.6 is 12.4 Å². The Kier molecular flexibility index (Phi) is 6.08. The summed E-state index contributed by atoms with van der Waals surface area (Å²) in [5.41, 5.74) is 9.68. The molecule has 4 N–H and O–H groups in total. The summed E-state index contributed by atoms with van der Waals surface area (Å²) in [6, 6.07) is 8.52. The Morgan fingerprint density at radius 1 is 1.35 bits per heavy atom. The van der Waals surface area contributed by atoms with Crippen LogP contribution in [-0.4, -0.2) is 23.5 Å². The van der Waals surface area contributed by atoms with Crippen LogP contribution in [0.15, 0.2) is 24.3 Å². The highest BCUT2D eigenvalue weighted by Crippen LogP contribution is 2.26. The quantitative estimate of drug-likeness (QED) is 0.785.